The maximum absolute atomic E-state index is 13.4. The van der Waals surface area contributed by atoms with Gasteiger partial charge in [-0.05, 0) is 82.8 Å². The van der Waals surface area contributed by atoms with E-state index in [1.807, 2.05) is 12.1 Å². The molecule has 0 unspecified atom stereocenters. The fourth-order valence-electron chi connectivity index (χ4n) is 5.32. The van der Waals surface area contributed by atoms with Crippen molar-refractivity contribution in [1.82, 2.24) is 14.7 Å². The molecule has 2 heterocycles. The van der Waals surface area contributed by atoms with Crippen molar-refractivity contribution in [2.75, 3.05) is 51.1 Å². The summed E-state index contributed by atoms with van der Waals surface area (Å²) >= 11 is 0. The summed E-state index contributed by atoms with van der Waals surface area (Å²) in [7, 11) is 0. The number of anilines is 1. The number of urea groups is 1. The number of hydrogen-bond donors (Lipinski definition) is 1. The van der Waals surface area contributed by atoms with Crippen molar-refractivity contribution in [2.24, 2.45) is 0 Å². The predicted molar refractivity (Wildman–Crippen MR) is 142 cm³/mol. The van der Waals surface area contributed by atoms with Crippen LogP contribution in [0.15, 0.2) is 54.6 Å². The Labute approximate surface area is 210 Å². The van der Waals surface area contributed by atoms with Gasteiger partial charge in [-0.2, -0.15) is 0 Å². The van der Waals surface area contributed by atoms with E-state index in [1.165, 1.54) is 24.8 Å². The molecule has 188 valence electrons. The highest BCUT2D eigenvalue weighted by Crippen LogP contribution is 2.20. The lowest BCUT2D eigenvalue weighted by atomic mass is 10.0. The third kappa shape index (κ3) is 7.64. The third-order valence-corrected chi connectivity index (χ3v) is 7.42. The lowest BCUT2D eigenvalue weighted by molar-refractivity contribution is 0.101. The fourth-order valence-corrected chi connectivity index (χ4v) is 5.32. The second kappa shape index (κ2) is 12.8. The Morgan fingerprint density at radius 1 is 0.914 bits per heavy atom. The summed E-state index contributed by atoms with van der Waals surface area (Å²) in [4.78, 5) is 32.2. The molecule has 2 fully saturated rings. The van der Waals surface area contributed by atoms with Crippen LogP contribution in [-0.4, -0.2) is 78.4 Å². The number of aryl methyl sites for hydroxylation is 1. The monoisotopic (exact) mass is 476 g/mol. The molecule has 0 aliphatic carbocycles. The van der Waals surface area contributed by atoms with Gasteiger partial charge in [-0.3, -0.25) is 4.79 Å². The van der Waals surface area contributed by atoms with Crippen LogP contribution in [0.2, 0.25) is 0 Å². The molecule has 6 heteroatoms. The summed E-state index contributed by atoms with van der Waals surface area (Å²) in [6.45, 7) is 8.68. The summed E-state index contributed by atoms with van der Waals surface area (Å²) in [6, 6.07) is 18.1. The summed E-state index contributed by atoms with van der Waals surface area (Å²) in [6.07, 6.45) is 6.81. The van der Waals surface area contributed by atoms with Crippen LogP contribution in [0, 0.1) is 0 Å². The molecular formula is C29H40N4O2. The summed E-state index contributed by atoms with van der Waals surface area (Å²) < 4.78 is 0. The SMILES string of the molecule is CC(=O)c1cccc(NC(=O)N(CCN2CCCC2)C2CCN(CCCc3ccccc3)CC2)c1. The Hall–Kier alpha value is -2.70. The van der Waals surface area contributed by atoms with Crippen LogP contribution in [0.3, 0.4) is 0 Å². The lowest BCUT2D eigenvalue weighted by Gasteiger charge is -2.39. The lowest BCUT2D eigenvalue weighted by Crippen LogP contribution is -2.51. The minimum Gasteiger partial charge on any atom is -0.320 e. The van der Waals surface area contributed by atoms with Crippen LogP contribution < -0.4 is 5.32 Å². The van der Waals surface area contributed by atoms with Crippen LogP contribution in [-0.2, 0) is 6.42 Å². The number of amides is 2. The standard InChI is InChI=1S/C29H40N4O2/c1-24(34)26-12-7-13-27(23-26)30-29(35)33(22-21-31-16-5-6-17-31)28-14-19-32(20-15-28)18-8-11-25-9-3-2-4-10-25/h2-4,7,9-10,12-13,23,28H,5-6,8,11,14-22H2,1H3,(H,30,35). The number of piperidine rings is 1. The molecule has 2 amide bonds. The Morgan fingerprint density at radius 2 is 1.63 bits per heavy atom. The molecule has 2 aliphatic rings. The van der Waals surface area contributed by atoms with E-state index >= 15 is 0 Å². The first-order chi connectivity index (χ1) is 17.1. The van der Waals surface area contributed by atoms with Crippen LogP contribution in [0.5, 0.6) is 0 Å². The van der Waals surface area contributed by atoms with E-state index in [4.69, 9.17) is 0 Å². The predicted octanol–water partition coefficient (Wildman–Crippen LogP) is 4.92. The first kappa shape index (κ1) is 25.4. The second-order valence-corrected chi connectivity index (χ2v) is 9.97. The molecule has 0 saturated carbocycles. The maximum Gasteiger partial charge on any atom is 0.322 e. The Kier molecular flexibility index (Phi) is 9.32. The van der Waals surface area contributed by atoms with Crippen LogP contribution in [0.1, 0.15) is 54.9 Å². The van der Waals surface area contributed by atoms with Crippen molar-refractivity contribution in [3.8, 4) is 0 Å². The zero-order chi connectivity index (χ0) is 24.5. The first-order valence-electron chi connectivity index (χ1n) is 13.3. The van der Waals surface area contributed by atoms with Gasteiger partial charge in [0, 0.05) is 43.5 Å². The normalized spacial score (nSPS) is 17.4. The number of Topliss-reactive ketones (excluding diaryl/α,β-unsaturated/α-hetero) is 1. The molecule has 0 bridgehead atoms. The summed E-state index contributed by atoms with van der Waals surface area (Å²) in [5.74, 6) is 0.00613. The molecule has 0 spiro atoms. The molecule has 1 N–H and O–H groups in total. The minimum atomic E-state index is -0.0487. The van der Waals surface area contributed by atoms with Gasteiger partial charge in [-0.25, -0.2) is 4.79 Å². The highest BCUT2D eigenvalue weighted by atomic mass is 16.2. The van der Waals surface area contributed by atoms with E-state index in [1.54, 1.807) is 19.1 Å². The molecule has 0 aromatic heterocycles. The number of nitrogens with zero attached hydrogens (tertiary/aromatic N) is 3. The average Bonchev–Trinajstić information content (AvgIpc) is 3.39. The second-order valence-electron chi connectivity index (χ2n) is 9.97. The Bertz CT molecular complexity index is 950. The van der Waals surface area contributed by atoms with Gasteiger partial charge in [0.1, 0.15) is 0 Å². The van der Waals surface area contributed by atoms with Crippen molar-refractivity contribution in [3.63, 3.8) is 0 Å². The largest absolute Gasteiger partial charge is 0.322 e. The van der Waals surface area contributed by atoms with E-state index < -0.39 is 0 Å². The van der Waals surface area contributed by atoms with Crippen LogP contribution in [0.25, 0.3) is 0 Å². The van der Waals surface area contributed by atoms with E-state index in [0.717, 1.165) is 65.1 Å². The number of nitrogens with one attached hydrogen (secondary N) is 1. The van der Waals surface area contributed by atoms with Crippen LogP contribution in [0.4, 0.5) is 10.5 Å². The van der Waals surface area contributed by atoms with Gasteiger partial charge >= 0.3 is 6.03 Å². The molecule has 2 aromatic rings. The number of hydrogen-bond acceptors (Lipinski definition) is 4. The van der Waals surface area contributed by atoms with Gasteiger partial charge in [0.2, 0.25) is 0 Å². The smallest absolute Gasteiger partial charge is 0.320 e. The molecule has 2 aliphatic heterocycles. The van der Waals surface area contributed by atoms with Crippen molar-refractivity contribution in [2.45, 2.75) is 51.5 Å². The number of likely N-dealkylation sites (tertiary alicyclic amines) is 2. The highest BCUT2D eigenvalue weighted by molar-refractivity contribution is 5.96. The van der Waals surface area contributed by atoms with Crippen LogP contribution >= 0.6 is 0 Å². The molecular weight excluding hydrogens is 436 g/mol. The highest BCUT2D eigenvalue weighted by Gasteiger charge is 2.28. The average molecular weight is 477 g/mol. The Morgan fingerprint density at radius 3 is 2.34 bits per heavy atom. The van der Waals surface area contributed by atoms with Gasteiger partial charge < -0.3 is 20.0 Å². The summed E-state index contributed by atoms with van der Waals surface area (Å²) in [5, 5.41) is 3.08. The van der Waals surface area contributed by atoms with E-state index in [-0.39, 0.29) is 17.9 Å². The molecule has 2 aromatic carbocycles. The van der Waals surface area contributed by atoms with Gasteiger partial charge in [-0.1, -0.05) is 42.5 Å². The van der Waals surface area contributed by atoms with E-state index in [0.29, 0.717) is 11.3 Å². The number of carbonyl (C=O) groups excluding carboxylic acids is 2. The van der Waals surface area contributed by atoms with Crippen molar-refractivity contribution in [1.29, 1.82) is 0 Å². The topological polar surface area (TPSA) is 55.9 Å². The summed E-state index contributed by atoms with van der Waals surface area (Å²) in [5.41, 5.74) is 2.71. The van der Waals surface area contributed by atoms with Crippen molar-refractivity contribution < 1.29 is 9.59 Å². The van der Waals surface area contributed by atoms with E-state index in [2.05, 4.69) is 50.3 Å². The molecule has 0 atom stereocenters. The van der Waals surface area contributed by atoms with Crippen molar-refractivity contribution in [3.05, 3.63) is 65.7 Å². The van der Waals surface area contributed by atoms with Gasteiger partial charge in [0.15, 0.2) is 5.78 Å². The number of benzene rings is 2. The fraction of sp³-hybridized carbons (Fsp3) is 0.517. The molecule has 2 saturated heterocycles. The molecule has 0 radical (unpaired) electrons. The van der Waals surface area contributed by atoms with Gasteiger partial charge in [0.05, 0.1) is 0 Å². The third-order valence-electron chi connectivity index (χ3n) is 7.42. The number of rotatable bonds is 10. The molecule has 4 rings (SSSR count). The minimum absolute atomic E-state index is 0.00613. The van der Waals surface area contributed by atoms with Crippen molar-refractivity contribution >= 4 is 17.5 Å². The number of ketones is 1. The van der Waals surface area contributed by atoms with E-state index in [9.17, 15) is 9.59 Å². The van der Waals surface area contributed by atoms with Gasteiger partial charge in [-0.15, -0.1) is 0 Å². The zero-order valence-electron chi connectivity index (χ0n) is 21.1. The molecule has 35 heavy (non-hydrogen) atoms. The first-order valence-corrected chi connectivity index (χ1v) is 13.3. The quantitative estimate of drug-likeness (QED) is 0.495. The zero-order valence-corrected chi connectivity index (χ0v) is 21.1. The molecule has 6 nitrogen and oxygen atoms in total. The number of carbonyl (C=O) groups is 2. The van der Waals surface area contributed by atoms with Gasteiger partial charge in [0.25, 0.3) is 0 Å². The maximum atomic E-state index is 13.4. The Balaban J connectivity index is 1.32.